The van der Waals surface area contributed by atoms with Crippen molar-refractivity contribution in [3.05, 3.63) is 47.3 Å². The van der Waals surface area contributed by atoms with Crippen molar-refractivity contribution >= 4 is 39.6 Å². The third-order valence-corrected chi connectivity index (χ3v) is 12.6. The van der Waals surface area contributed by atoms with Crippen molar-refractivity contribution in [3.8, 4) is 0 Å². The Bertz CT molecular complexity index is 1710. The van der Waals surface area contributed by atoms with Gasteiger partial charge in [0.05, 0.1) is 18.3 Å². The number of carbonyl (C=O) groups is 5. The summed E-state index contributed by atoms with van der Waals surface area (Å²) in [6.07, 6.45) is 4.59. The normalized spacial score (nSPS) is 29.5. The maximum Gasteiger partial charge on any atom is 0.410 e. The molecule has 15 heteroatoms. The summed E-state index contributed by atoms with van der Waals surface area (Å²) in [5.74, 6) is -4.68. The highest BCUT2D eigenvalue weighted by Crippen LogP contribution is 2.46. The zero-order valence-electron chi connectivity index (χ0n) is 29.0. The smallest absolute Gasteiger partial charge is 0.410 e. The number of allylic oxidation sites excluding steroid dienone is 1. The topological polar surface area (TPSA) is 179 Å². The van der Waals surface area contributed by atoms with E-state index in [9.17, 15) is 41.9 Å². The molecule has 1 aromatic rings. The van der Waals surface area contributed by atoms with Gasteiger partial charge in [0.1, 0.15) is 29.6 Å². The molecule has 0 bridgehead atoms. The summed E-state index contributed by atoms with van der Waals surface area (Å²) in [6.45, 7) is 3.36. The van der Waals surface area contributed by atoms with Gasteiger partial charge in [0.2, 0.25) is 21.8 Å². The van der Waals surface area contributed by atoms with E-state index in [-0.39, 0.29) is 44.8 Å². The van der Waals surface area contributed by atoms with Crippen LogP contribution in [0.2, 0.25) is 0 Å². The summed E-state index contributed by atoms with van der Waals surface area (Å²) < 4.78 is 47.9. The highest BCUT2D eigenvalue weighted by molar-refractivity contribution is 7.91. The molecule has 13 nitrogen and oxygen atoms in total. The van der Waals surface area contributed by atoms with Gasteiger partial charge in [-0.25, -0.2) is 17.6 Å². The molecule has 1 aromatic carbocycles. The number of amides is 4. The number of rotatable bonds is 8. The summed E-state index contributed by atoms with van der Waals surface area (Å²) >= 11 is 0. The first-order valence-electron chi connectivity index (χ1n) is 18.0. The number of nitrogens with zero attached hydrogens (tertiary/aromatic N) is 2. The molecule has 2 aliphatic carbocycles. The van der Waals surface area contributed by atoms with E-state index in [4.69, 9.17) is 4.74 Å². The van der Waals surface area contributed by atoms with Gasteiger partial charge in [0.15, 0.2) is 5.78 Å². The first kappa shape index (κ1) is 36.9. The van der Waals surface area contributed by atoms with Crippen LogP contribution in [-0.2, 0) is 47.0 Å². The second-order valence-electron chi connectivity index (χ2n) is 15.1. The molecule has 3 fully saturated rings. The molecule has 3 N–H and O–H groups in total. The SMILES string of the molecule is CC(C)C(O)C(=O)C[C@H]1CCCCC/C=C\[C@@H]2C[C@@]2(C(=O)NS(=O)(=O)C2CC2)NC(=O)[C@@H]2C[C@@H](OC(=O)N3Cc4cccc(F)c4C3)CN2C1=O. The van der Waals surface area contributed by atoms with Gasteiger partial charge >= 0.3 is 6.09 Å². The van der Waals surface area contributed by atoms with Crippen molar-refractivity contribution in [1.29, 1.82) is 0 Å². The molecule has 6 atom stereocenters. The molecule has 0 radical (unpaired) electrons. The molecule has 3 heterocycles. The molecule has 1 saturated heterocycles. The van der Waals surface area contributed by atoms with Gasteiger partial charge in [-0.15, -0.1) is 0 Å². The van der Waals surface area contributed by atoms with Crippen LogP contribution in [-0.4, -0.2) is 88.5 Å². The number of fused-ring (bicyclic) bond motifs is 3. The summed E-state index contributed by atoms with van der Waals surface area (Å²) in [5.41, 5.74) is -0.516. The Kier molecular flexibility index (Phi) is 10.6. The van der Waals surface area contributed by atoms with E-state index in [1.165, 1.54) is 15.9 Å². The molecule has 4 amide bonds. The Morgan fingerprint density at radius 1 is 1.12 bits per heavy atom. The first-order chi connectivity index (χ1) is 24.2. The molecule has 51 heavy (non-hydrogen) atoms. The summed E-state index contributed by atoms with van der Waals surface area (Å²) in [5, 5.41) is 12.6. The van der Waals surface area contributed by atoms with Crippen LogP contribution >= 0.6 is 0 Å². The van der Waals surface area contributed by atoms with Crippen molar-refractivity contribution < 1.29 is 46.6 Å². The van der Waals surface area contributed by atoms with E-state index in [0.717, 1.165) is 12.8 Å². The van der Waals surface area contributed by atoms with Crippen molar-refractivity contribution in [3.63, 3.8) is 0 Å². The standard InChI is InChI=1S/C36H47FN4O9S/c1-21(2)31(43)30(42)15-22-9-6-4-3-5-7-11-24-17-36(24,34(46)39-51(48,49)26-13-14-26)38-32(44)29-16-25(19-41(29)33(22)45)50-35(47)40-18-23-10-8-12-28(37)27(23)20-40/h7-8,10-12,21-22,24-26,29,31,43H,3-6,9,13-20H2,1-2H3,(H,38,44)(H,39,46)/b11-7-/t22-,24-,25-,29+,31?,36-/m1/s1. The third-order valence-electron chi connectivity index (χ3n) is 10.8. The first-order valence-corrected chi connectivity index (χ1v) is 19.5. The molecular weight excluding hydrogens is 683 g/mol. The van der Waals surface area contributed by atoms with Gasteiger partial charge in [-0.2, -0.15) is 0 Å². The third kappa shape index (κ3) is 7.98. The van der Waals surface area contributed by atoms with Crippen LogP contribution in [0.25, 0.3) is 0 Å². The monoisotopic (exact) mass is 730 g/mol. The predicted octanol–water partition coefficient (Wildman–Crippen LogP) is 2.84. The number of aliphatic hydroxyl groups is 1. The van der Waals surface area contributed by atoms with E-state index < -0.39 is 86.3 Å². The van der Waals surface area contributed by atoms with E-state index >= 15 is 0 Å². The fourth-order valence-corrected chi connectivity index (χ4v) is 8.81. The molecule has 0 spiro atoms. The van der Waals surface area contributed by atoms with Gasteiger partial charge < -0.3 is 20.1 Å². The van der Waals surface area contributed by atoms with Crippen LogP contribution in [0.4, 0.5) is 9.18 Å². The van der Waals surface area contributed by atoms with E-state index in [1.807, 2.05) is 12.2 Å². The van der Waals surface area contributed by atoms with E-state index in [2.05, 4.69) is 10.0 Å². The number of halogens is 1. The fraction of sp³-hybridized carbons (Fsp3) is 0.639. The minimum Gasteiger partial charge on any atom is -0.444 e. The van der Waals surface area contributed by atoms with E-state index in [1.54, 1.807) is 26.0 Å². The summed E-state index contributed by atoms with van der Waals surface area (Å²) in [6, 6.07) is 3.39. The average Bonchev–Trinajstić information content (AvgIpc) is 3.96. The maximum atomic E-state index is 14.4. The average molecular weight is 731 g/mol. The lowest BCUT2D eigenvalue weighted by Gasteiger charge is -2.30. The lowest BCUT2D eigenvalue weighted by molar-refractivity contribution is -0.145. The quantitative estimate of drug-likeness (QED) is 0.339. The van der Waals surface area contributed by atoms with Crippen LogP contribution in [0.15, 0.2) is 30.4 Å². The van der Waals surface area contributed by atoms with Crippen molar-refractivity contribution in [1.82, 2.24) is 19.8 Å². The number of carbonyl (C=O) groups excluding carboxylic acids is 5. The lowest BCUT2D eigenvalue weighted by Crippen LogP contribution is -2.57. The highest BCUT2D eigenvalue weighted by Gasteiger charge is 2.62. The molecule has 1 unspecified atom stereocenters. The number of benzene rings is 1. The van der Waals surface area contributed by atoms with Gasteiger partial charge in [0, 0.05) is 36.8 Å². The van der Waals surface area contributed by atoms with E-state index in [0.29, 0.717) is 43.2 Å². The van der Waals surface area contributed by atoms with Crippen molar-refractivity contribution in [2.24, 2.45) is 17.8 Å². The van der Waals surface area contributed by atoms with Gasteiger partial charge in [-0.05, 0) is 56.1 Å². The highest BCUT2D eigenvalue weighted by atomic mass is 32.2. The number of nitrogens with one attached hydrogen (secondary N) is 2. The lowest BCUT2D eigenvalue weighted by atomic mass is 9.89. The van der Waals surface area contributed by atoms with Crippen molar-refractivity contribution in [2.75, 3.05) is 6.54 Å². The van der Waals surface area contributed by atoms with Crippen molar-refractivity contribution in [2.45, 2.75) is 120 Å². The molecule has 278 valence electrons. The number of aliphatic hydroxyl groups excluding tert-OH is 1. The maximum absolute atomic E-state index is 14.4. The van der Waals surface area contributed by atoms with Crippen LogP contribution in [0.3, 0.4) is 0 Å². The molecular formula is C36H47FN4O9S. The zero-order valence-corrected chi connectivity index (χ0v) is 29.8. The van der Waals surface area contributed by atoms with Crippen LogP contribution in [0.1, 0.15) is 89.2 Å². The summed E-state index contributed by atoms with van der Waals surface area (Å²) in [7, 11) is -3.92. The Balaban J connectivity index is 1.25. The molecule has 0 aromatic heterocycles. The second kappa shape index (κ2) is 14.6. The zero-order chi connectivity index (χ0) is 36.7. The van der Waals surface area contributed by atoms with Crippen LogP contribution in [0, 0.1) is 23.6 Å². The minimum atomic E-state index is -3.92. The second-order valence-corrected chi connectivity index (χ2v) is 17.0. The summed E-state index contributed by atoms with van der Waals surface area (Å²) in [4.78, 5) is 71.1. The fourth-order valence-electron chi connectivity index (χ4n) is 7.44. The number of sulfonamides is 1. The minimum absolute atomic E-state index is 0.00120. The number of ether oxygens (including phenoxy) is 1. The Hall–Kier alpha value is -3.85. The Morgan fingerprint density at radius 3 is 2.59 bits per heavy atom. The van der Waals surface area contributed by atoms with Gasteiger partial charge in [0.25, 0.3) is 5.91 Å². The number of Topliss-reactive ketones (excluding diaryl/α,β-unsaturated/α-hetero) is 1. The largest absolute Gasteiger partial charge is 0.444 e. The predicted molar refractivity (Wildman–Crippen MR) is 181 cm³/mol. The Morgan fingerprint density at radius 2 is 1.88 bits per heavy atom. The van der Waals surface area contributed by atoms with Gasteiger partial charge in [-0.3, -0.25) is 28.8 Å². The number of hydrogen-bond acceptors (Lipinski definition) is 9. The number of hydrogen-bond donors (Lipinski definition) is 3. The van der Waals surface area contributed by atoms with Crippen LogP contribution < -0.4 is 10.0 Å². The number of ketones is 1. The molecule has 3 aliphatic heterocycles. The molecule has 2 saturated carbocycles. The van der Waals surface area contributed by atoms with Gasteiger partial charge in [-0.1, -0.05) is 51.0 Å². The molecule has 5 aliphatic rings. The Labute approximate surface area is 297 Å². The molecule has 6 rings (SSSR count). The van der Waals surface area contributed by atoms with Crippen LogP contribution in [0.5, 0.6) is 0 Å².